The van der Waals surface area contributed by atoms with Crippen LogP contribution in [0.1, 0.15) is 20.8 Å². The summed E-state index contributed by atoms with van der Waals surface area (Å²) < 4.78 is 33.2. The zero-order valence-corrected chi connectivity index (χ0v) is 15.6. The van der Waals surface area contributed by atoms with Crippen molar-refractivity contribution >= 4 is 38.3 Å². The van der Waals surface area contributed by atoms with Crippen LogP contribution >= 0.6 is 23.1 Å². The molecule has 0 radical (unpaired) electrons. The summed E-state index contributed by atoms with van der Waals surface area (Å²) in [6.45, 7) is 6.63. The number of ether oxygens (including phenoxy) is 1. The van der Waals surface area contributed by atoms with Crippen molar-refractivity contribution in [3.8, 4) is 5.75 Å². The molecule has 23 heavy (non-hydrogen) atoms. The molecule has 0 atom stereocenters. The van der Waals surface area contributed by atoms with Crippen molar-refractivity contribution < 1.29 is 13.2 Å². The van der Waals surface area contributed by atoms with Crippen molar-refractivity contribution in [2.45, 2.75) is 30.0 Å². The van der Waals surface area contributed by atoms with Crippen LogP contribution in [0.4, 0.5) is 5.13 Å². The van der Waals surface area contributed by atoms with Gasteiger partial charge in [-0.25, -0.2) is 8.42 Å². The summed E-state index contributed by atoms with van der Waals surface area (Å²) in [6, 6.07) is 6.26. The molecule has 0 saturated heterocycles. The topological polar surface area (TPSA) is 81.2 Å². The van der Waals surface area contributed by atoms with Gasteiger partial charge in [-0.3, -0.25) is 4.72 Å². The molecule has 6 nitrogen and oxygen atoms in total. The van der Waals surface area contributed by atoms with Crippen LogP contribution in [-0.2, 0) is 10.0 Å². The first kappa shape index (κ1) is 18.0. The third-order valence-electron chi connectivity index (χ3n) is 2.61. The second-order valence-corrected chi connectivity index (χ2v) is 9.01. The van der Waals surface area contributed by atoms with E-state index in [9.17, 15) is 8.42 Å². The second-order valence-electron chi connectivity index (χ2n) is 5.09. The standard InChI is InChI=1S/C14H19N3O3S3/c1-4-20-11-5-7-12(8-6-11)23(18,19)17-13-15-16-14(22-13)21-9-10(2)3/h5-8,10H,4,9H2,1-3H3,(H,15,17). The van der Waals surface area contributed by atoms with Crippen molar-refractivity contribution in [2.75, 3.05) is 17.1 Å². The van der Waals surface area contributed by atoms with Crippen molar-refractivity contribution in [1.82, 2.24) is 10.2 Å². The highest BCUT2D eigenvalue weighted by atomic mass is 32.2. The van der Waals surface area contributed by atoms with Crippen LogP contribution in [0.3, 0.4) is 0 Å². The minimum absolute atomic E-state index is 0.160. The van der Waals surface area contributed by atoms with Gasteiger partial charge in [0.25, 0.3) is 10.0 Å². The normalized spacial score (nSPS) is 11.7. The van der Waals surface area contributed by atoms with E-state index in [0.717, 1.165) is 10.1 Å². The van der Waals surface area contributed by atoms with E-state index in [0.29, 0.717) is 18.3 Å². The van der Waals surface area contributed by atoms with Crippen LogP contribution < -0.4 is 9.46 Å². The Hall–Kier alpha value is -1.32. The maximum Gasteiger partial charge on any atom is 0.263 e. The molecule has 0 unspecified atom stereocenters. The molecular formula is C14H19N3O3S3. The molecule has 0 saturated carbocycles. The Morgan fingerprint density at radius 1 is 1.26 bits per heavy atom. The Bertz CT molecular complexity index is 727. The molecule has 126 valence electrons. The summed E-state index contributed by atoms with van der Waals surface area (Å²) in [5.74, 6) is 2.09. The summed E-state index contributed by atoms with van der Waals surface area (Å²) in [7, 11) is -3.67. The van der Waals surface area contributed by atoms with Crippen LogP contribution in [0, 0.1) is 5.92 Å². The molecule has 0 amide bonds. The lowest BCUT2D eigenvalue weighted by molar-refractivity contribution is 0.340. The molecular weight excluding hydrogens is 354 g/mol. The Labute approximate surface area is 144 Å². The van der Waals surface area contributed by atoms with Gasteiger partial charge in [0.15, 0.2) is 4.34 Å². The van der Waals surface area contributed by atoms with E-state index in [1.165, 1.54) is 23.5 Å². The molecule has 0 fully saturated rings. The average molecular weight is 374 g/mol. The van der Waals surface area contributed by atoms with E-state index in [2.05, 4.69) is 28.8 Å². The van der Waals surface area contributed by atoms with Gasteiger partial charge in [0, 0.05) is 5.75 Å². The third kappa shape index (κ3) is 5.36. The summed E-state index contributed by atoms with van der Waals surface area (Å²) in [5, 5.41) is 8.14. The molecule has 2 aromatic rings. The number of anilines is 1. The van der Waals surface area contributed by atoms with Gasteiger partial charge in [0.2, 0.25) is 5.13 Å². The van der Waals surface area contributed by atoms with Crippen molar-refractivity contribution in [1.29, 1.82) is 0 Å². The number of thioether (sulfide) groups is 1. The fraction of sp³-hybridized carbons (Fsp3) is 0.429. The summed E-state index contributed by atoms with van der Waals surface area (Å²) in [5.41, 5.74) is 0. The highest BCUT2D eigenvalue weighted by Crippen LogP contribution is 2.28. The van der Waals surface area contributed by atoms with Crippen LogP contribution in [0.15, 0.2) is 33.5 Å². The van der Waals surface area contributed by atoms with Crippen molar-refractivity contribution in [2.24, 2.45) is 5.92 Å². The van der Waals surface area contributed by atoms with Gasteiger partial charge in [0.05, 0.1) is 11.5 Å². The lowest BCUT2D eigenvalue weighted by Gasteiger charge is -2.06. The van der Waals surface area contributed by atoms with Gasteiger partial charge in [-0.15, -0.1) is 10.2 Å². The largest absolute Gasteiger partial charge is 0.494 e. The zero-order valence-electron chi connectivity index (χ0n) is 13.1. The fourth-order valence-corrected chi connectivity index (χ4v) is 4.56. The van der Waals surface area contributed by atoms with Crippen LogP contribution in [0.25, 0.3) is 0 Å². The monoisotopic (exact) mass is 373 g/mol. The molecule has 0 aliphatic rings. The number of rotatable bonds is 8. The van der Waals surface area contributed by atoms with E-state index >= 15 is 0 Å². The first-order chi connectivity index (χ1) is 10.9. The van der Waals surface area contributed by atoms with Gasteiger partial charge < -0.3 is 4.74 Å². The number of nitrogens with one attached hydrogen (secondary N) is 1. The second kappa shape index (κ2) is 7.98. The fourth-order valence-electron chi connectivity index (χ4n) is 1.60. The molecule has 1 heterocycles. The van der Waals surface area contributed by atoms with E-state index in [4.69, 9.17) is 4.74 Å². The lowest BCUT2D eigenvalue weighted by atomic mass is 10.3. The molecule has 1 aromatic carbocycles. The lowest BCUT2D eigenvalue weighted by Crippen LogP contribution is -2.12. The van der Waals surface area contributed by atoms with E-state index < -0.39 is 10.0 Å². The number of benzene rings is 1. The number of aromatic nitrogens is 2. The molecule has 1 aromatic heterocycles. The quantitative estimate of drug-likeness (QED) is 0.714. The molecule has 1 N–H and O–H groups in total. The Morgan fingerprint density at radius 3 is 2.57 bits per heavy atom. The van der Waals surface area contributed by atoms with Gasteiger partial charge in [-0.2, -0.15) is 0 Å². The predicted molar refractivity (Wildman–Crippen MR) is 93.9 cm³/mol. The van der Waals surface area contributed by atoms with E-state index in [1.54, 1.807) is 23.9 Å². The van der Waals surface area contributed by atoms with Gasteiger partial charge in [-0.05, 0) is 37.1 Å². The maximum atomic E-state index is 12.3. The number of sulfonamides is 1. The van der Waals surface area contributed by atoms with Crippen molar-refractivity contribution in [3.05, 3.63) is 24.3 Å². The highest BCUT2D eigenvalue weighted by Gasteiger charge is 2.17. The molecule has 2 rings (SSSR count). The SMILES string of the molecule is CCOc1ccc(S(=O)(=O)Nc2nnc(SCC(C)C)s2)cc1. The zero-order chi connectivity index (χ0) is 16.9. The van der Waals surface area contributed by atoms with Crippen LogP contribution in [-0.4, -0.2) is 31.0 Å². The predicted octanol–water partition coefficient (Wildman–Crippen LogP) is 3.49. The maximum absolute atomic E-state index is 12.3. The number of hydrogen-bond acceptors (Lipinski definition) is 7. The minimum atomic E-state index is -3.67. The molecule has 0 bridgehead atoms. The van der Waals surface area contributed by atoms with E-state index in [1.807, 2.05) is 6.92 Å². The average Bonchev–Trinajstić information content (AvgIpc) is 2.93. The number of hydrogen-bond donors (Lipinski definition) is 1. The molecule has 0 spiro atoms. The summed E-state index contributed by atoms with van der Waals surface area (Å²) in [6.07, 6.45) is 0. The van der Waals surface area contributed by atoms with Gasteiger partial charge in [-0.1, -0.05) is 36.9 Å². The Morgan fingerprint density at radius 2 is 1.96 bits per heavy atom. The third-order valence-corrected chi connectivity index (χ3v) is 6.50. The van der Waals surface area contributed by atoms with Gasteiger partial charge >= 0.3 is 0 Å². The molecule has 0 aliphatic carbocycles. The highest BCUT2D eigenvalue weighted by molar-refractivity contribution is 8.01. The Balaban J connectivity index is 2.05. The van der Waals surface area contributed by atoms with E-state index in [-0.39, 0.29) is 10.0 Å². The molecule has 9 heteroatoms. The summed E-state index contributed by atoms with van der Waals surface area (Å²) >= 11 is 2.81. The van der Waals surface area contributed by atoms with Gasteiger partial charge in [0.1, 0.15) is 5.75 Å². The smallest absolute Gasteiger partial charge is 0.263 e. The first-order valence-corrected chi connectivity index (χ1v) is 10.4. The Kier molecular flexibility index (Phi) is 6.25. The van der Waals surface area contributed by atoms with Crippen LogP contribution in [0.5, 0.6) is 5.75 Å². The van der Waals surface area contributed by atoms with Crippen LogP contribution in [0.2, 0.25) is 0 Å². The summed E-state index contributed by atoms with van der Waals surface area (Å²) in [4.78, 5) is 0.160. The minimum Gasteiger partial charge on any atom is -0.494 e. The van der Waals surface area contributed by atoms with Crippen molar-refractivity contribution in [3.63, 3.8) is 0 Å². The number of nitrogens with zero attached hydrogens (tertiary/aromatic N) is 2. The first-order valence-electron chi connectivity index (χ1n) is 7.12. The molecule has 0 aliphatic heterocycles.